The highest BCUT2D eigenvalue weighted by molar-refractivity contribution is 5.44. The van der Waals surface area contributed by atoms with Gasteiger partial charge < -0.3 is 14.6 Å². The average molecular weight is 291 g/mol. The first-order valence-electron chi connectivity index (χ1n) is 7.08. The second-order valence-corrected chi connectivity index (χ2v) is 5.02. The molecule has 1 atom stereocenters. The van der Waals surface area contributed by atoms with Crippen molar-refractivity contribution in [3.63, 3.8) is 0 Å². The van der Waals surface area contributed by atoms with Gasteiger partial charge in [-0.3, -0.25) is 4.90 Å². The van der Waals surface area contributed by atoms with Crippen molar-refractivity contribution in [1.29, 1.82) is 0 Å². The van der Waals surface area contributed by atoms with E-state index in [0.717, 1.165) is 23.4 Å². The summed E-state index contributed by atoms with van der Waals surface area (Å²) in [5.74, 6) is 6.85. The average Bonchev–Trinajstić information content (AvgIpc) is 2.48. The molecule has 0 saturated heterocycles. The molecule has 0 radical (unpaired) electrons. The van der Waals surface area contributed by atoms with E-state index in [1.807, 2.05) is 18.2 Å². The molecule has 1 aromatic carbocycles. The smallest absolute Gasteiger partial charge is 0.123 e. The Labute approximate surface area is 127 Å². The van der Waals surface area contributed by atoms with Gasteiger partial charge in [0.1, 0.15) is 5.75 Å². The lowest BCUT2D eigenvalue weighted by molar-refractivity contribution is 0.111. The Balaban J connectivity index is 2.88. The molecule has 1 aromatic rings. The van der Waals surface area contributed by atoms with E-state index < -0.39 is 0 Å². The van der Waals surface area contributed by atoms with Crippen LogP contribution in [0.2, 0.25) is 0 Å². The summed E-state index contributed by atoms with van der Waals surface area (Å²) in [4.78, 5) is 2.21. The van der Waals surface area contributed by atoms with Crippen molar-refractivity contribution in [2.24, 2.45) is 0 Å². The van der Waals surface area contributed by atoms with Crippen LogP contribution in [0.3, 0.4) is 0 Å². The van der Waals surface area contributed by atoms with Crippen molar-refractivity contribution in [1.82, 2.24) is 4.90 Å². The lowest BCUT2D eigenvalue weighted by atomic mass is 10.1. The van der Waals surface area contributed by atoms with E-state index in [4.69, 9.17) is 14.6 Å². The number of methoxy groups -OCH3 is 2. The fourth-order valence-corrected chi connectivity index (χ4v) is 1.99. The van der Waals surface area contributed by atoms with Crippen LogP contribution < -0.4 is 4.74 Å². The van der Waals surface area contributed by atoms with Gasteiger partial charge in [0.25, 0.3) is 0 Å². The van der Waals surface area contributed by atoms with Gasteiger partial charge in [-0.15, -0.1) is 0 Å². The number of rotatable bonds is 7. The molecular weight excluding hydrogens is 266 g/mol. The third kappa shape index (κ3) is 5.76. The Morgan fingerprint density at radius 3 is 2.71 bits per heavy atom. The summed E-state index contributed by atoms with van der Waals surface area (Å²) in [5, 5.41) is 8.77. The summed E-state index contributed by atoms with van der Waals surface area (Å²) in [6.45, 7) is 3.67. The first-order valence-corrected chi connectivity index (χ1v) is 7.08. The van der Waals surface area contributed by atoms with Crippen LogP contribution in [0.15, 0.2) is 18.2 Å². The first-order chi connectivity index (χ1) is 10.1. The van der Waals surface area contributed by atoms with Crippen molar-refractivity contribution in [2.75, 3.05) is 34.5 Å². The minimum absolute atomic E-state index is 0.0906. The molecule has 116 valence electrons. The molecule has 0 heterocycles. The normalized spacial score (nSPS) is 11.9. The second-order valence-electron chi connectivity index (χ2n) is 5.02. The number of nitrogens with zero attached hydrogens (tertiary/aromatic N) is 1. The van der Waals surface area contributed by atoms with Gasteiger partial charge in [-0.25, -0.2) is 0 Å². The van der Waals surface area contributed by atoms with E-state index in [0.29, 0.717) is 19.1 Å². The van der Waals surface area contributed by atoms with Gasteiger partial charge in [-0.1, -0.05) is 11.8 Å². The van der Waals surface area contributed by atoms with Crippen LogP contribution in [0.4, 0.5) is 0 Å². The molecule has 1 unspecified atom stereocenters. The van der Waals surface area contributed by atoms with Crippen LogP contribution >= 0.6 is 0 Å². The molecule has 1 N–H and O–H groups in total. The fraction of sp³-hybridized carbons (Fsp3) is 0.529. The van der Waals surface area contributed by atoms with Crippen LogP contribution in [0.5, 0.6) is 5.75 Å². The van der Waals surface area contributed by atoms with E-state index in [-0.39, 0.29) is 6.61 Å². The lowest BCUT2D eigenvalue weighted by Gasteiger charge is -2.24. The molecule has 21 heavy (non-hydrogen) atoms. The maximum Gasteiger partial charge on any atom is 0.123 e. The molecule has 0 saturated carbocycles. The SMILES string of the molecule is COCC(C)N(C)Cc1cc(C#CCCO)ccc1OC. The molecule has 0 bridgehead atoms. The Hall–Kier alpha value is -1.54. The summed E-state index contributed by atoms with van der Waals surface area (Å²) in [5.41, 5.74) is 2.03. The highest BCUT2D eigenvalue weighted by Crippen LogP contribution is 2.21. The summed E-state index contributed by atoms with van der Waals surface area (Å²) < 4.78 is 10.6. The van der Waals surface area contributed by atoms with E-state index in [9.17, 15) is 0 Å². The Morgan fingerprint density at radius 1 is 1.33 bits per heavy atom. The Morgan fingerprint density at radius 2 is 2.10 bits per heavy atom. The molecule has 0 fully saturated rings. The summed E-state index contributed by atoms with van der Waals surface area (Å²) in [6, 6.07) is 6.24. The van der Waals surface area contributed by atoms with Crippen LogP contribution in [-0.4, -0.2) is 50.5 Å². The minimum Gasteiger partial charge on any atom is -0.496 e. The number of aliphatic hydroxyl groups excluding tert-OH is 1. The van der Waals surface area contributed by atoms with Gasteiger partial charge in [-0.2, -0.15) is 0 Å². The summed E-state index contributed by atoms with van der Waals surface area (Å²) in [6.07, 6.45) is 0.492. The maximum absolute atomic E-state index is 8.77. The third-order valence-electron chi connectivity index (χ3n) is 3.33. The predicted molar refractivity (Wildman–Crippen MR) is 84.4 cm³/mol. The van der Waals surface area contributed by atoms with Crippen molar-refractivity contribution < 1.29 is 14.6 Å². The van der Waals surface area contributed by atoms with Gasteiger partial charge in [0.2, 0.25) is 0 Å². The van der Waals surface area contributed by atoms with Crippen molar-refractivity contribution in [3.8, 4) is 17.6 Å². The van der Waals surface area contributed by atoms with E-state index in [2.05, 4.69) is 30.7 Å². The number of benzene rings is 1. The second kappa shape index (κ2) is 9.41. The standard InChI is InChI=1S/C17H25NO3/c1-14(13-20-3)18(2)12-16-11-15(7-5-6-10-19)8-9-17(16)21-4/h8-9,11,14,19H,6,10,12-13H2,1-4H3. The van der Waals surface area contributed by atoms with Gasteiger partial charge in [0.15, 0.2) is 0 Å². The molecule has 0 aliphatic heterocycles. The number of hydrogen-bond acceptors (Lipinski definition) is 4. The molecule has 0 spiro atoms. The van der Waals surface area contributed by atoms with Crippen LogP contribution in [-0.2, 0) is 11.3 Å². The zero-order valence-electron chi connectivity index (χ0n) is 13.3. The first kappa shape index (κ1) is 17.5. The van der Waals surface area contributed by atoms with Gasteiger partial charge in [0.05, 0.1) is 20.3 Å². The van der Waals surface area contributed by atoms with Gasteiger partial charge >= 0.3 is 0 Å². The van der Waals surface area contributed by atoms with E-state index in [1.165, 1.54) is 0 Å². The van der Waals surface area contributed by atoms with E-state index in [1.54, 1.807) is 14.2 Å². The molecule has 0 amide bonds. The summed E-state index contributed by atoms with van der Waals surface area (Å²) in [7, 11) is 5.45. The van der Waals surface area contributed by atoms with Crippen molar-refractivity contribution >= 4 is 0 Å². The number of hydrogen-bond donors (Lipinski definition) is 1. The van der Waals surface area contributed by atoms with Crippen LogP contribution in [0.25, 0.3) is 0 Å². The maximum atomic E-state index is 8.77. The highest BCUT2D eigenvalue weighted by atomic mass is 16.5. The molecular formula is C17H25NO3. The minimum atomic E-state index is 0.0906. The van der Waals surface area contributed by atoms with Crippen molar-refractivity contribution in [3.05, 3.63) is 29.3 Å². The number of aliphatic hydroxyl groups is 1. The molecule has 0 aromatic heterocycles. The Kier molecular flexibility index (Phi) is 7.84. The fourth-order valence-electron chi connectivity index (χ4n) is 1.99. The zero-order chi connectivity index (χ0) is 15.7. The lowest BCUT2D eigenvalue weighted by Crippen LogP contribution is -2.32. The van der Waals surface area contributed by atoms with E-state index >= 15 is 0 Å². The number of likely N-dealkylation sites (N-methyl/N-ethyl adjacent to an activating group) is 1. The summed E-state index contributed by atoms with van der Waals surface area (Å²) >= 11 is 0. The molecule has 0 aliphatic carbocycles. The van der Waals surface area contributed by atoms with Crippen molar-refractivity contribution in [2.45, 2.75) is 25.9 Å². The quantitative estimate of drug-likeness (QED) is 0.779. The molecule has 4 nitrogen and oxygen atoms in total. The molecule has 1 rings (SSSR count). The van der Waals surface area contributed by atoms with Crippen LogP contribution in [0.1, 0.15) is 24.5 Å². The highest BCUT2D eigenvalue weighted by Gasteiger charge is 2.12. The van der Waals surface area contributed by atoms with Gasteiger partial charge in [-0.05, 0) is 32.2 Å². The van der Waals surface area contributed by atoms with Crippen LogP contribution in [0, 0.1) is 11.8 Å². The predicted octanol–water partition coefficient (Wildman–Crippen LogP) is 1.90. The number of ether oxygens (including phenoxy) is 2. The topological polar surface area (TPSA) is 41.9 Å². The molecule has 0 aliphatic rings. The largest absolute Gasteiger partial charge is 0.496 e. The van der Waals surface area contributed by atoms with Gasteiger partial charge in [0, 0.05) is 37.2 Å². The molecule has 4 heteroatoms. The Bertz CT molecular complexity index is 491. The zero-order valence-corrected chi connectivity index (χ0v) is 13.3. The third-order valence-corrected chi connectivity index (χ3v) is 3.33. The monoisotopic (exact) mass is 291 g/mol.